The number of nitrogens with one attached hydrogen (secondary N) is 1. The molecule has 1 amide bonds. The van der Waals surface area contributed by atoms with Gasteiger partial charge in [0.05, 0.1) is 0 Å². The standard InChI is InChI=1S/C14H19F3N2O3/c1-13(2,5-7-20)8-19-11(21)10-4-3-6-18-12(10)22-9-14(15,16)17/h3-4,6,20H,5,7-9H2,1-2H3,(H,19,21). The van der Waals surface area contributed by atoms with Gasteiger partial charge < -0.3 is 15.2 Å². The summed E-state index contributed by atoms with van der Waals surface area (Å²) in [7, 11) is 0. The highest BCUT2D eigenvalue weighted by Gasteiger charge is 2.29. The Morgan fingerprint density at radius 3 is 2.68 bits per heavy atom. The van der Waals surface area contributed by atoms with Crippen molar-refractivity contribution in [1.29, 1.82) is 0 Å². The zero-order chi connectivity index (χ0) is 16.8. The third kappa shape index (κ3) is 6.30. The Morgan fingerprint density at radius 1 is 1.41 bits per heavy atom. The molecule has 0 saturated carbocycles. The maximum absolute atomic E-state index is 12.2. The molecule has 0 aromatic carbocycles. The molecule has 22 heavy (non-hydrogen) atoms. The van der Waals surface area contributed by atoms with Crippen molar-refractivity contribution in [3.63, 3.8) is 0 Å². The Balaban J connectivity index is 2.73. The first-order valence-corrected chi connectivity index (χ1v) is 6.68. The molecule has 2 N–H and O–H groups in total. The van der Waals surface area contributed by atoms with E-state index in [4.69, 9.17) is 5.11 Å². The van der Waals surface area contributed by atoms with Gasteiger partial charge in [-0.1, -0.05) is 13.8 Å². The van der Waals surface area contributed by atoms with Crippen molar-refractivity contribution in [1.82, 2.24) is 10.3 Å². The molecule has 0 fully saturated rings. The molecule has 0 aliphatic rings. The smallest absolute Gasteiger partial charge is 0.422 e. The maximum Gasteiger partial charge on any atom is 0.422 e. The zero-order valence-corrected chi connectivity index (χ0v) is 12.4. The summed E-state index contributed by atoms with van der Waals surface area (Å²) >= 11 is 0. The Hall–Kier alpha value is -1.83. The van der Waals surface area contributed by atoms with Crippen LogP contribution in [0.3, 0.4) is 0 Å². The van der Waals surface area contributed by atoms with Gasteiger partial charge in [0.1, 0.15) is 5.56 Å². The summed E-state index contributed by atoms with van der Waals surface area (Å²) in [4.78, 5) is 15.7. The third-order valence-corrected chi connectivity index (χ3v) is 2.90. The molecule has 0 aliphatic heterocycles. The third-order valence-electron chi connectivity index (χ3n) is 2.90. The van der Waals surface area contributed by atoms with Crippen molar-refractivity contribution in [2.75, 3.05) is 19.8 Å². The normalized spacial score (nSPS) is 12.1. The van der Waals surface area contributed by atoms with Gasteiger partial charge in [0.25, 0.3) is 5.91 Å². The minimum atomic E-state index is -4.51. The van der Waals surface area contributed by atoms with Gasteiger partial charge >= 0.3 is 6.18 Å². The lowest BCUT2D eigenvalue weighted by molar-refractivity contribution is -0.154. The van der Waals surface area contributed by atoms with Gasteiger partial charge in [0.15, 0.2) is 6.61 Å². The molecule has 5 nitrogen and oxygen atoms in total. The van der Waals surface area contributed by atoms with Gasteiger partial charge in [-0.15, -0.1) is 0 Å². The molecule has 0 saturated heterocycles. The van der Waals surface area contributed by atoms with E-state index >= 15 is 0 Å². The fourth-order valence-electron chi connectivity index (χ4n) is 1.63. The van der Waals surface area contributed by atoms with Crippen LogP contribution in [0.2, 0.25) is 0 Å². The number of aliphatic hydroxyl groups excluding tert-OH is 1. The predicted octanol–water partition coefficient (Wildman–Crippen LogP) is 2.16. The summed E-state index contributed by atoms with van der Waals surface area (Å²) in [6.45, 7) is 2.44. The van der Waals surface area contributed by atoms with Gasteiger partial charge in [-0.25, -0.2) is 4.98 Å². The summed E-state index contributed by atoms with van der Waals surface area (Å²) in [5.74, 6) is -0.937. The van der Waals surface area contributed by atoms with E-state index in [1.54, 1.807) is 0 Å². The average Bonchev–Trinajstić information content (AvgIpc) is 2.42. The number of amides is 1. The monoisotopic (exact) mass is 320 g/mol. The predicted molar refractivity (Wildman–Crippen MR) is 73.6 cm³/mol. The topological polar surface area (TPSA) is 71.5 Å². The van der Waals surface area contributed by atoms with Crippen molar-refractivity contribution in [2.45, 2.75) is 26.4 Å². The van der Waals surface area contributed by atoms with Crippen molar-refractivity contribution in [3.05, 3.63) is 23.9 Å². The van der Waals surface area contributed by atoms with Gasteiger partial charge in [-0.3, -0.25) is 4.79 Å². The van der Waals surface area contributed by atoms with Gasteiger partial charge in [0, 0.05) is 19.3 Å². The van der Waals surface area contributed by atoms with Crippen LogP contribution < -0.4 is 10.1 Å². The molecular formula is C14H19F3N2O3. The highest BCUT2D eigenvalue weighted by molar-refractivity contribution is 5.96. The summed E-state index contributed by atoms with van der Waals surface area (Å²) in [6.07, 6.45) is -2.77. The Kier molecular flexibility index (Phi) is 6.16. The number of carbonyl (C=O) groups excluding carboxylic acids is 1. The molecule has 0 radical (unpaired) electrons. The van der Waals surface area contributed by atoms with Crippen LogP contribution in [0.15, 0.2) is 18.3 Å². The number of ether oxygens (including phenoxy) is 1. The fraction of sp³-hybridized carbons (Fsp3) is 0.571. The summed E-state index contributed by atoms with van der Waals surface area (Å²) in [5, 5.41) is 11.5. The van der Waals surface area contributed by atoms with Crippen molar-refractivity contribution >= 4 is 5.91 Å². The second-order valence-electron chi connectivity index (χ2n) is 5.58. The lowest BCUT2D eigenvalue weighted by atomic mass is 9.89. The largest absolute Gasteiger partial charge is 0.467 e. The molecule has 1 aromatic rings. The van der Waals surface area contributed by atoms with E-state index in [1.165, 1.54) is 18.3 Å². The number of aliphatic hydroxyl groups is 1. The number of halogens is 3. The van der Waals surface area contributed by atoms with Gasteiger partial charge in [-0.2, -0.15) is 13.2 Å². The Morgan fingerprint density at radius 2 is 2.09 bits per heavy atom. The van der Waals surface area contributed by atoms with Crippen molar-refractivity contribution in [2.24, 2.45) is 5.41 Å². The van der Waals surface area contributed by atoms with E-state index in [1.807, 2.05) is 13.8 Å². The van der Waals surface area contributed by atoms with Gasteiger partial charge in [0.2, 0.25) is 5.88 Å². The summed E-state index contributed by atoms with van der Waals surface area (Å²) in [6, 6.07) is 2.78. The number of aromatic nitrogens is 1. The quantitative estimate of drug-likeness (QED) is 0.807. The van der Waals surface area contributed by atoms with E-state index in [-0.39, 0.29) is 30.0 Å². The van der Waals surface area contributed by atoms with Crippen LogP contribution in [-0.2, 0) is 0 Å². The molecule has 1 aromatic heterocycles. The van der Waals surface area contributed by atoms with Crippen LogP contribution in [0.5, 0.6) is 5.88 Å². The summed E-state index contributed by atoms with van der Waals surface area (Å²) in [5.41, 5.74) is -0.397. The Bertz CT molecular complexity index is 504. The van der Waals surface area contributed by atoms with Crippen LogP contribution >= 0.6 is 0 Å². The van der Waals surface area contributed by atoms with E-state index < -0.39 is 18.7 Å². The number of rotatable bonds is 7. The molecule has 0 bridgehead atoms. The lowest BCUT2D eigenvalue weighted by Crippen LogP contribution is -2.35. The van der Waals surface area contributed by atoms with Crippen LogP contribution in [-0.4, -0.2) is 41.9 Å². The molecule has 1 heterocycles. The molecule has 0 aliphatic carbocycles. The molecule has 0 unspecified atom stereocenters. The molecule has 0 spiro atoms. The summed E-state index contributed by atoms with van der Waals surface area (Å²) < 4.78 is 41.1. The minimum absolute atomic E-state index is 0.0181. The first kappa shape index (κ1) is 18.2. The molecule has 0 atom stereocenters. The van der Waals surface area contributed by atoms with E-state index in [0.29, 0.717) is 6.42 Å². The minimum Gasteiger partial charge on any atom is -0.467 e. The fourth-order valence-corrected chi connectivity index (χ4v) is 1.63. The SMILES string of the molecule is CC(C)(CCO)CNC(=O)c1cccnc1OCC(F)(F)F. The number of nitrogens with zero attached hydrogens (tertiary/aromatic N) is 1. The first-order valence-electron chi connectivity index (χ1n) is 6.68. The molecule has 124 valence electrons. The van der Waals surface area contributed by atoms with E-state index in [9.17, 15) is 18.0 Å². The number of pyridine rings is 1. The molecule has 1 rings (SSSR count). The van der Waals surface area contributed by atoms with E-state index in [0.717, 1.165) is 0 Å². The highest BCUT2D eigenvalue weighted by Crippen LogP contribution is 2.21. The second kappa shape index (κ2) is 7.44. The van der Waals surface area contributed by atoms with Gasteiger partial charge in [-0.05, 0) is 24.0 Å². The average molecular weight is 320 g/mol. The number of hydrogen-bond acceptors (Lipinski definition) is 4. The van der Waals surface area contributed by atoms with Crippen molar-refractivity contribution < 1.29 is 27.8 Å². The molecular weight excluding hydrogens is 301 g/mol. The van der Waals surface area contributed by atoms with Crippen LogP contribution in [0, 0.1) is 5.41 Å². The number of hydrogen-bond donors (Lipinski definition) is 2. The zero-order valence-electron chi connectivity index (χ0n) is 12.4. The highest BCUT2D eigenvalue weighted by atomic mass is 19.4. The number of alkyl halides is 3. The van der Waals surface area contributed by atoms with Crippen LogP contribution in [0.25, 0.3) is 0 Å². The second-order valence-corrected chi connectivity index (χ2v) is 5.58. The van der Waals surface area contributed by atoms with E-state index in [2.05, 4.69) is 15.0 Å². The Labute approximate surface area is 126 Å². The number of carbonyl (C=O) groups is 1. The van der Waals surface area contributed by atoms with Crippen molar-refractivity contribution in [3.8, 4) is 5.88 Å². The van der Waals surface area contributed by atoms with Crippen LogP contribution in [0.4, 0.5) is 13.2 Å². The maximum atomic E-state index is 12.2. The first-order chi connectivity index (χ1) is 10.1. The lowest BCUT2D eigenvalue weighted by Gasteiger charge is -2.24. The van der Waals surface area contributed by atoms with Crippen LogP contribution in [0.1, 0.15) is 30.6 Å². The molecule has 8 heteroatoms.